The molecule has 2 aromatic carbocycles. The topological polar surface area (TPSA) is 60.5 Å². The Bertz CT molecular complexity index is 938. The summed E-state index contributed by atoms with van der Waals surface area (Å²) in [7, 11) is 0. The molecule has 0 bridgehead atoms. The summed E-state index contributed by atoms with van der Waals surface area (Å²) in [6.07, 6.45) is 0. The Hall–Kier alpha value is -2.51. The summed E-state index contributed by atoms with van der Waals surface area (Å²) in [5.74, 6) is 1.57. The van der Waals surface area contributed by atoms with E-state index in [9.17, 15) is 4.79 Å². The first kappa shape index (κ1) is 16.9. The summed E-state index contributed by atoms with van der Waals surface area (Å²) in [6.45, 7) is 2.28. The number of anilines is 1. The fraction of sp³-hybridized carbons (Fsp3) is 0.158. The number of carbonyl (C=O) groups is 1. The van der Waals surface area contributed by atoms with Crippen molar-refractivity contribution in [3.8, 4) is 22.8 Å². The number of ether oxygens (including phenoxy) is 2. The molecule has 0 spiro atoms. The summed E-state index contributed by atoms with van der Waals surface area (Å²) in [5.41, 5.74) is 3.94. The first-order chi connectivity index (χ1) is 12.7. The molecule has 0 fully saturated rings. The van der Waals surface area contributed by atoms with Crippen molar-refractivity contribution in [2.75, 3.05) is 17.9 Å². The molecule has 0 radical (unpaired) electrons. The number of aryl methyl sites for hydroxylation is 1. The average molecular weight is 384 g/mol. The van der Waals surface area contributed by atoms with Gasteiger partial charge in [-0.15, -0.1) is 11.3 Å². The lowest BCUT2D eigenvalue weighted by atomic mass is 10.1. The van der Waals surface area contributed by atoms with Crippen LogP contribution in [0.3, 0.4) is 0 Å². The molecular weight excluding hydrogens is 368 g/mol. The van der Waals surface area contributed by atoms with E-state index in [1.807, 2.05) is 5.38 Å². The molecule has 3 aromatic rings. The molecule has 1 aliphatic heterocycles. The normalized spacial score (nSPS) is 12.2. The molecule has 132 valence electrons. The number of rotatable bonds is 5. The van der Waals surface area contributed by atoms with Crippen molar-refractivity contribution in [3.05, 3.63) is 53.4 Å². The number of thioether (sulfide) groups is 1. The molecule has 4 rings (SSSR count). The van der Waals surface area contributed by atoms with Crippen LogP contribution in [0.25, 0.3) is 11.3 Å². The van der Waals surface area contributed by atoms with Gasteiger partial charge in [0.15, 0.2) is 15.8 Å². The van der Waals surface area contributed by atoms with Gasteiger partial charge in [-0.1, -0.05) is 41.6 Å². The predicted octanol–water partition coefficient (Wildman–Crippen LogP) is 4.58. The third-order valence-corrected chi connectivity index (χ3v) is 5.83. The Morgan fingerprint density at radius 3 is 2.85 bits per heavy atom. The molecule has 7 heteroatoms. The van der Waals surface area contributed by atoms with E-state index in [1.54, 1.807) is 29.5 Å². The summed E-state index contributed by atoms with van der Waals surface area (Å²) in [4.78, 5) is 16.8. The Morgan fingerprint density at radius 2 is 2.00 bits per heavy atom. The maximum Gasteiger partial charge on any atom is 0.234 e. The molecule has 1 amide bonds. The van der Waals surface area contributed by atoms with Crippen molar-refractivity contribution >= 4 is 34.7 Å². The number of aromatic nitrogens is 1. The first-order valence-corrected chi connectivity index (χ1v) is 9.89. The van der Waals surface area contributed by atoms with Crippen molar-refractivity contribution in [2.45, 2.75) is 11.3 Å². The number of carbonyl (C=O) groups excluding carboxylic acids is 1. The van der Waals surface area contributed by atoms with Crippen LogP contribution in [0.5, 0.6) is 11.5 Å². The molecule has 1 aliphatic rings. The van der Waals surface area contributed by atoms with Crippen LogP contribution in [0, 0.1) is 6.92 Å². The minimum Gasteiger partial charge on any atom is -0.454 e. The number of thiazole rings is 1. The Morgan fingerprint density at radius 1 is 1.19 bits per heavy atom. The second kappa shape index (κ2) is 7.39. The number of hydrogen-bond acceptors (Lipinski definition) is 6. The fourth-order valence-corrected chi connectivity index (χ4v) is 4.11. The lowest BCUT2D eigenvalue weighted by molar-refractivity contribution is -0.113. The van der Waals surface area contributed by atoms with Gasteiger partial charge in [-0.2, -0.15) is 0 Å². The van der Waals surface area contributed by atoms with Crippen LogP contribution in [-0.2, 0) is 4.79 Å². The number of benzene rings is 2. The fourth-order valence-electron chi connectivity index (χ4n) is 2.48. The van der Waals surface area contributed by atoms with E-state index in [0.29, 0.717) is 22.9 Å². The SMILES string of the molecule is Cc1ccc(-c2csc(SCC(=O)Nc3ccc4c(c3)OCO4)n2)cc1. The molecule has 0 atom stereocenters. The van der Waals surface area contributed by atoms with Gasteiger partial charge in [0.25, 0.3) is 0 Å². The summed E-state index contributed by atoms with van der Waals surface area (Å²) < 4.78 is 11.5. The van der Waals surface area contributed by atoms with E-state index < -0.39 is 0 Å². The Labute approximate surface area is 159 Å². The van der Waals surface area contributed by atoms with Gasteiger partial charge in [-0.3, -0.25) is 4.79 Å². The van der Waals surface area contributed by atoms with Crippen LogP contribution in [0.4, 0.5) is 5.69 Å². The molecule has 0 saturated heterocycles. The molecule has 1 N–H and O–H groups in total. The minimum atomic E-state index is -0.0825. The van der Waals surface area contributed by atoms with Crippen LogP contribution >= 0.6 is 23.1 Å². The van der Waals surface area contributed by atoms with Crippen molar-refractivity contribution in [1.29, 1.82) is 0 Å². The van der Waals surface area contributed by atoms with E-state index in [4.69, 9.17) is 9.47 Å². The summed E-state index contributed by atoms with van der Waals surface area (Å²) in [5, 5.41) is 4.88. The molecule has 0 unspecified atom stereocenters. The van der Waals surface area contributed by atoms with E-state index in [1.165, 1.54) is 17.3 Å². The van der Waals surface area contributed by atoms with E-state index in [0.717, 1.165) is 15.6 Å². The number of fused-ring (bicyclic) bond motifs is 1. The van der Waals surface area contributed by atoms with Crippen LogP contribution in [0.1, 0.15) is 5.56 Å². The lowest BCUT2D eigenvalue weighted by Gasteiger charge is -2.05. The van der Waals surface area contributed by atoms with E-state index in [2.05, 4.69) is 41.5 Å². The van der Waals surface area contributed by atoms with Crippen LogP contribution < -0.4 is 14.8 Å². The van der Waals surface area contributed by atoms with Crippen molar-refractivity contribution < 1.29 is 14.3 Å². The van der Waals surface area contributed by atoms with Gasteiger partial charge in [0.05, 0.1) is 11.4 Å². The molecule has 26 heavy (non-hydrogen) atoms. The smallest absolute Gasteiger partial charge is 0.234 e. The van der Waals surface area contributed by atoms with Crippen LogP contribution in [0.15, 0.2) is 52.2 Å². The van der Waals surface area contributed by atoms with Crippen LogP contribution in [0.2, 0.25) is 0 Å². The largest absolute Gasteiger partial charge is 0.454 e. The molecule has 2 heterocycles. The zero-order chi connectivity index (χ0) is 17.9. The standard InChI is InChI=1S/C19H16N2O3S2/c1-12-2-4-13(5-3-12)15-9-25-19(21-15)26-10-18(22)20-14-6-7-16-17(8-14)24-11-23-16/h2-9H,10-11H2,1H3,(H,20,22). The van der Waals surface area contributed by atoms with Gasteiger partial charge in [0.2, 0.25) is 12.7 Å². The van der Waals surface area contributed by atoms with Crippen molar-refractivity contribution in [1.82, 2.24) is 4.98 Å². The van der Waals surface area contributed by atoms with Gasteiger partial charge in [0.1, 0.15) is 0 Å². The van der Waals surface area contributed by atoms with E-state index >= 15 is 0 Å². The van der Waals surface area contributed by atoms with Gasteiger partial charge in [0, 0.05) is 22.7 Å². The summed E-state index contributed by atoms with van der Waals surface area (Å²) in [6, 6.07) is 13.6. The van der Waals surface area contributed by atoms with Gasteiger partial charge >= 0.3 is 0 Å². The maximum atomic E-state index is 12.2. The second-order valence-corrected chi connectivity index (χ2v) is 7.85. The van der Waals surface area contributed by atoms with Gasteiger partial charge < -0.3 is 14.8 Å². The molecule has 0 aliphatic carbocycles. The predicted molar refractivity (Wildman–Crippen MR) is 104 cm³/mol. The lowest BCUT2D eigenvalue weighted by Crippen LogP contribution is -2.13. The third-order valence-electron chi connectivity index (χ3n) is 3.81. The average Bonchev–Trinajstić information content (AvgIpc) is 3.29. The maximum absolute atomic E-state index is 12.2. The van der Waals surface area contributed by atoms with Crippen molar-refractivity contribution in [2.24, 2.45) is 0 Å². The zero-order valence-corrected chi connectivity index (χ0v) is 15.7. The number of nitrogens with zero attached hydrogens (tertiary/aromatic N) is 1. The third kappa shape index (κ3) is 3.84. The van der Waals surface area contributed by atoms with Crippen molar-refractivity contribution in [3.63, 3.8) is 0 Å². The zero-order valence-electron chi connectivity index (χ0n) is 14.0. The minimum absolute atomic E-state index is 0.0825. The quantitative estimate of drug-likeness (QED) is 0.653. The molecule has 5 nitrogen and oxygen atoms in total. The number of nitrogens with one attached hydrogen (secondary N) is 1. The highest BCUT2D eigenvalue weighted by atomic mass is 32.2. The first-order valence-electron chi connectivity index (χ1n) is 8.02. The molecule has 1 aromatic heterocycles. The number of hydrogen-bond donors (Lipinski definition) is 1. The van der Waals surface area contributed by atoms with E-state index in [-0.39, 0.29) is 12.7 Å². The number of amides is 1. The Balaban J connectivity index is 1.34. The van der Waals surface area contributed by atoms with Crippen LogP contribution in [-0.4, -0.2) is 23.4 Å². The highest BCUT2D eigenvalue weighted by molar-refractivity contribution is 8.01. The highest BCUT2D eigenvalue weighted by Crippen LogP contribution is 2.34. The second-order valence-electron chi connectivity index (χ2n) is 5.77. The monoisotopic (exact) mass is 384 g/mol. The highest BCUT2D eigenvalue weighted by Gasteiger charge is 2.14. The Kier molecular flexibility index (Phi) is 4.81. The van der Waals surface area contributed by atoms with Gasteiger partial charge in [-0.25, -0.2) is 4.98 Å². The summed E-state index contributed by atoms with van der Waals surface area (Å²) >= 11 is 2.98. The molecular formula is C19H16N2O3S2. The molecule has 0 saturated carbocycles. The van der Waals surface area contributed by atoms with Gasteiger partial charge in [-0.05, 0) is 19.1 Å².